The van der Waals surface area contributed by atoms with E-state index in [0.717, 1.165) is 49.1 Å². The summed E-state index contributed by atoms with van der Waals surface area (Å²) in [6.45, 7) is 3.06. The Morgan fingerprint density at radius 1 is 1.21 bits per heavy atom. The summed E-state index contributed by atoms with van der Waals surface area (Å²) in [5.41, 5.74) is 2.18. The molecule has 1 aliphatic heterocycles. The van der Waals surface area contributed by atoms with Crippen LogP contribution >= 0.6 is 0 Å². The summed E-state index contributed by atoms with van der Waals surface area (Å²) in [6, 6.07) is 8.23. The molecule has 1 aliphatic rings. The second-order valence-electron chi connectivity index (χ2n) is 6.23. The molecule has 2 aromatic heterocycles. The first kappa shape index (κ1) is 14.9. The number of para-hydroxylation sites is 1. The quantitative estimate of drug-likeness (QED) is 0.739. The van der Waals surface area contributed by atoms with E-state index in [1.807, 2.05) is 23.0 Å². The number of ether oxygens (including phenoxy) is 1. The Balaban J connectivity index is 1.52. The Labute approximate surface area is 141 Å². The third-order valence-corrected chi connectivity index (χ3v) is 4.80. The third kappa shape index (κ3) is 2.79. The van der Waals surface area contributed by atoms with Crippen LogP contribution in [0.4, 0.5) is 5.69 Å². The van der Waals surface area contributed by atoms with Gasteiger partial charge < -0.3 is 9.64 Å². The highest BCUT2D eigenvalue weighted by Crippen LogP contribution is 2.33. The molecule has 124 valence electrons. The molecule has 0 amide bonds. The Hall–Kier alpha value is -2.63. The predicted molar refractivity (Wildman–Crippen MR) is 93.3 cm³/mol. The molecule has 0 spiro atoms. The molecule has 3 heterocycles. The molecule has 1 saturated heterocycles. The molecular weight excluding hydrogens is 302 g/mol. The Kier molecular flexibility index (Phi) is 4.02. The summed E-state index contributed by atoms with van der Waals surface area (Å²) in [7, 11) is 1.69. The minimum Gasteiger partial charge on any atom is -0.494 e. The number of hydrogen-bond acceptors (Lipinski definition) is 5. The van der Waals surface area contributed by atoms with Crippen LogP contribution in [0.1, 0.15) is 12.8 Å². The molecule has 6 nitrogen and oxygen atoms in total. The SMILES string of the molecule is COc1cccc2c(N3CCC(Cn4cncn4)CC3)ccnc12. The zero-order chi connectivity index (χ0) is 16.4. The van der Waals surface area contributed by atoms with E-state index in [9.17, 15) is 0 Å². The predicted octanol–water partition coefficient (Wildman–Crippen LogP) is 2.75. The van der Waals surface area contributed by atoms with Crippen LogP contribution in [-0.2, 0) is 6.54 Å². The van der Waals surface area contributed by atoms with Crippen LogP contribution in [0.15, 0.2) is 43.1 Å². The molecule has 1 aromatic carbocycles. The van der Waals surface area contributed by atoms with E-state index < -0.39 is 0 Å². The first-order valence-electron chi connectivity index (χ1n) is 8.34. The monoisotopic (exact) mass is 323 g/mol. The zero-order valence-electron chi connectivity index (χ0n) is 13.8. The van der Waals surface area contributed by atoms with Crippen molar-refractivity contribution >= 4 is 16.6 Å². The second-order valence-corrected chi connectivity index (χ2v) is 6.23. The number of anilines is 1. The molecule has 24 heavy (non-hydrogen) atoms. The number of rotatable bonds is 4. The van der Waals surface area contributed by atoms with E-state index in [2.05, 4.69) is 32.1 Å². The Morgan fingerprint density at radius 3 is 2.83 bits per heavy atom. The van der Waals surface area contributed by atoms with Crippen LogP contribution in [-0.4, -0.2) is 39.9 Å². The molecule has 0 saturated carbocycles. The van der Waals surface area contributed by atoms with Gasteiger partial charge in [-0.05, 0) is 30.9 Å². The topological polar surface area (TPSA) is 56.1 Å². The molecule has 0 aliphatic carbocycles. The molecule has 6 heteroatoms. The highest BCUT2D eigenvalue weighted by atomic mass is 16.5. The second kappa shape index (κ2) is 6.47. The van der Waals surface area contributed by atoms with Gasteiger partial charge in [-0.1, -0.05) is 12.1 Å². The fraction of sp³-hybridized carbons (Fsp3) is 0.389. The number of hydrogen-bond donors (Lipinski definition) is 0. The third-order valence-electron chi connectivity index (χ3n) is 4.80. The zero-order valence-corrected chi connectivity index (χ0v) is 13.8. The van der Waals surface area contributed by atoms with Gasteiger partial charge in [0.05, 0.1) is 7.11 Å². The van der Waals surface area contributed by atoms with Gasteiger partial charge in [0.15, 0.2) is 0 Å². The van der Waals surface area contributed by atoms with E-state index >= 15 is 0 Å². The molecule has 1 fully saturated rings. The maximum Gasteiger partial charge on any atom is 0.145 e. The number of methoxy groups -OCH3 is 1. The minimum atomic E-state index is 0.658. The summed E-state index contributed by atoms with van der Waals surface area (Å²) in [5, 5.41) is 5.38. The maximum atomic E-state index is 5.45. The lowest BCUT2D eigenvalue weighted by Crippen LogP contribution is -2.35. The van der Waals surface area contributed by atoms with Crippen molar-refractivity contribution in [3.63, 3.8) is 0 Å². The lowest BCUT2D eigenvalue weighted by atomic mass is 9.96. The molecule has 0 unspecified atom stereocenters. The van der Waals surface area contributed by atoms with Crippen molar-refractivity contribution < 1.29 is 4.74 Å². The summed E-state index contributed by atoms with van der Waals surface area (Å²) >= 11 is 0. The minimum absolute atomic E-state index is 0.658. The van der Waals surface area contributed by atoms with Crippen LogP contribution in [0.5, 0.6) is 5.75 Å². The highest BCUT2D eigenvalue weighted by Gasteiger charge is 2.21. The molecule has 0 N–H and O–H groups in total. The smallest absolute Gasteiger partial charge is 0.145 e. The first-order chi connectivity index (χ1) is 11.8. The first-order valence-corrected chi connectivity index (χ1v) is 8.34. The summed E-state index contributed by atoms with van der Waals surface area (Å²) in [5.74, 6) is 1.49. The van der Waals surface area contributed by atoms with E-state index in [1.54, 1.807) is 19.8 Å². The van der Waals surface area contributed by atoms with Gasteiger partial charge in [0.25, 0.3) is 0 Å². The molecule has 0 radical (unpaired) electrons. The average molecular weight is 323 g/mol. The van der Waals surface area contributed by atoms with Crippen LogP contribution in [0.3, 0.4) is 0 Å². The highest BCUT2D eigenvalue weighted by molar-refractivity contribution is 5.95. The van der Waals surface area contributed by atoms with Gasteiger partial charge >= 0.3 is 0 Å². The van der Waals surface area contributed by atoms with E-state index in [-0.39, 0.29) is 0 Å². The van der Waals surface area contributed by atoms with Crippen molar-refractivity contribution in [1.82, 2.24) is 19.7 Å². The van der Waals surface area contributed by atoms with Crippen LogP contribution < -0.4 is 9.64 Å². The lowest BCUT2D eigenvalue weighted by molar-refractivity contribution is 0.342. The largest absolute Gasteiger partial charge is 0.494 e. The maximum absolute atomic E-state index is 5.45. The normalized spacial score (nSPS) is 15.8. The molecule has 4 rings (SSSR count). The fourth-order valence-electron chi connectivity index (χ4n) is 3.52. The van der Waals surface area contributed by atoms with Crippen LogP contribution in [0, 0.1) is 5.92 Å². The van der Waals surface area contributed by atoms with Gasteiger partial charge in [0, 0.05) is 36.9 Å². The van der Waals surface area contributed by atoms with Crippen LogP contribution in [0.2, 0.25) is 0 Å². The van der Waals surface area contributed by atoms with E-state index in [1.165, 1.54) is 5.69 Å². The fourth-order valence-corrected chi connectivity index (χ4v) is 3.52. The molecular formula is C18H21N5O. The summed E-state index contributed by atoms with van der Waals surface area (Å²) in [4.78, 5) is 11.0. The lowest BCUT2D eigenvalue weighted by Gasteiger charge is -2.34. The van der Waals surface area contributed by atoms with Gasteiger partial charge in [-0.25, -0.2) is 4.98 Å². The van der Waals surface area contributed by atoms with Crippen molar-refractivity contribution in [1.29, 1.82) is 0 Å². The standard InChI is InChI=1S/C18H21N5O/c1-24-17-4-2-3-15-16(5-8-20-18(15)17)22-9-6-14(7-10-22)11-23-13-19-12-21-23/h2-5,8,12-14H,6-7,9-11H2,1H3. The number of pyridine rings is 1. The number of fused-ring (bicyclic) bond motifs is 1. The van der Waals surface area contributed by atoms with Crippen LogP contribution in [0.25, 0.3) is 10.9 Å². The van der Waals surface area contributed by atoms with Crippen molar-refractivity contribution in [3.05, 3.63) is 43.1 Å². The van der Waals surface area contributed by atoms with Gasteiger partial charge in [-0.15, -0.1) is 0 Å². The Bertz CT molecular complexity index is 809. The van der Waals surface area contributed by atoms with Crippen molar-refractivity contribution in [2.45, 2.75) is 19.4 Å². The molecule has 3 aromatic rings. The average Bonchev–Trinajstić information content (AvgIpc) is 3.14. The van der Waals surface area contributed by atoms with Crippen molar-refractivity contribution in [2.24, 2.45) is 5.92 Å². The van der Waals surface area contributed by atoms with Gasteiger partial charge in [-0.3, -0.25) is 9.67 Å². The summed E-state index contributed by atoms with van der Waals surface area (Å²) in [6.07, 6.45) is 7.60. The summed E-state index contributed by atoms with van der Waals surface area (Å²) < 4.78 is 7.39. The van der Waals surface area contributed by atoms with E-state index in [0.29, 0.717) is 5.92 Å². The van der Waals surface area contributed by atoms with Gasteiger partial charge in [-0.2, -0.15) is 5.10 Å². The van der Waals surface area contributed by atoms with Crippen molar-refractivity contribution in [2.75, 3.05) is 25.1 Å². The van der Waals surface area contributed by atoms with Crippen molar-refractivity contribution in [3.8, 4) is 5.75 Å². The number of benzene rings is 1. The molecule has 0 bridgehead atoms. The van der Waals surface area contributed by atoms with Gasteiger partial charge in [0.2, 0.25) is 0 Å². The van der Waals surface area contributed by atoms with E-state index in [4.69, 9.17) is 4.74 Å². The number of aromatic nitrogens is 4. The van der Waals surface area contributed by atoms with Gasteiger partial charge in [0.1, 0.15) is 23.9 Å². The Morgan fingerprint density at radius 2 is 2.08 bits per heavy atom. The number of piperidine rings is 1. The molecule has 0 atom stereocenters. The number of nitrogens with zero attached hydrogens (tertiary/aromatic N) is 5.